The molecule has 3 amide bonds. The van der Waals surface area contributed by atoms with Gasteiger partial charge in [-0.2, -0.15) is 0 Å². The molecule has 2 N–H and O–H groups in total. The Hall–Kier alpha value is -3.05. The number of hydrogen-bond donors (Lipinski definition) is 2. The van der Waals surface area contributed by atoms with Gasteiger partial charge >= 0.3 is 5.97 Å². The van der Waals surface area contributed by atoms with E-state index in [1.165, 1.54) is 0 Å². The number of esters is 1. The number of ether oxygens (including phenoxy) is 3. The van der Waals surface area contributed by atoms with Gasteiger partial charge in [0.2, 0.25) is 17.7 Å². The van der Waals surface area contributed by atoms with Gasteiger partial charge in [0.15, 0.2) is 0 Å². The van der Waals surface area contributed by atoms with Crippen LogP contribution in [0.5, 0.6) is 0 Å². The predicted octanol–water partition coefficient (Wildman–Crippen LogP) is 0.989. The van der Waals surface area contributed by atoms with Crippen LogP contribution in [0.15, 0.2) is 24.5 Å². The SMILES string of the molecule is CN1C(=O)C[C@H](C(=O)NCCCOCC(=O)NCCOCCC(=O)OC(C)(C)C)[C@H]1c1cccnc1. The topological polar surface area (TPSA) is 136 Å². The molecule has 11 heteroatoms. The summed E-state index contributed by atoms with van der Waals surface area (Å²) in [5.41, 5.74) is 0.307. The largest absolute Gasteiger partial charge is 0.460 e. The average Bonchev–Trinajstić information content (AvgIpc) is 3.12. The predicted molar refractivity (Wildman–Crippen MR) is 131 cm³/mol. The van der Waals surface area contributed by atoms with Crippen LogP contribution in [0.1, 0.15) is 51.6 Å². The smallest absolute Gasteiger partial charge is 0.308 e. The van der Waals surface area contributed by atoms with Crippen molar-refractivity contribution in [2.24, 2.45) is 5.92 Å². The quantitative estimate of drug-likeness (QED) is 0.282. The fourth-order valence-electron chi connectivity index (χ4n) is 3.76. The molecule has 36 heavy (non-hydrogen) atoms. The second-order valence-electron chi connectivity index (χ2n) is 9.54. The second-order valence-corrected chi connectivity index (χ2v) is 9.54. The number of carbonyl (C=O) groups is 4. The highest BCUT2D eigenvalue weighted by atomic mass is 16.6. The lowest BCUT2D eigenvalue weighted by molar-refractivity contribution is -0.156. The Morgan fingerprint density at radius 1 is 1.11 bits per heavy atom. The van der Waals surface area contributed by atoms with Crippen LogP contribution in [0.3, 0.4) is 0 Å². The van der Waals surface area contributed by atoms with E-state index in [4.69, 9.17) is 14.2 Å². The standard InChI is InChI=1S/C25H38N4O7/c1-25(2,3)36-22(32)8-13-34-14-11-27-20(30)17-35-12-6-10-28-24(33)19-15-21(31)29(4)23(19)18-7-5-9-26-16-18/h5,7,9,16,19,23H,6,8,10-15,17H2,1-4H3,(H,27,30)(H,28,33)/t19-,23+/m0/s1. The van der Waals surface area contributed by atoms with E-state index in [2.05, 4.69) is 15.6 Å². The Morgan fingerprint density at radius 3 is 2.58 bits per heavy atom. The zero-order chi connectivity index (χ0) is 26.6. The molecular weight excluding hydrogens is 468 g/mol. The van der Waals surface area contributed by atoms with Crippen molar-refractivity contribution < 1.29 is 33.4 Å². The van der Waals surface area contributed by atoms with E-state index in [0.717, 1.165) is 5.56 Å². The molecule has 0 saturated carbocycles. The van der Waals surface area contributed by atoms with Gasteiger partial charge in [-0.15, -0.1) is 0 Å². The van der Waals surface area contributed by atoms with Crippen molar-refractivity contribution in [2.45, 2.75) is 51.7 Å². The number of nitrogens with zero attached hydrogens (tertiary/aromatic N) is 2. The Balaban J connectivity index is 1.53. The number of aromatic nitrogens is 1. The van der Waals surface area contributed by atoms with Gasteiger partial charge in [-0.05, 0) is 38.8 Å². The van der Waals surface area contributed by atoms with Crippen LogP contribution < -0.4 is 10.6 Å². The van der Waals surface area contributed by atoms with Crippen molar-refractivity contribution >= 4 is 23.7 Å². The number of nitrogens with one attached hydrogen (secondary N) is 2. The number of amides is 3. The minimum Gasteiger partial charge on any atom is -0.460 e. The number of rotatable bonds is 14. The van der Waals surface area contributed by atoms with Gasteiger partial charge < -0.3 is 29.7 Å². The maximum atomic E-state index is 12.7. The first-order valence-electron chi connectivity index (χ1n) is 12.2. The van der Waals surface area contributed by atoms with E-state index in [1.54, 1.807) is 51.2 Å². The van der Waals surface area contributed by atoms with Gasteiger partial charge in [0.05, 0.1) is 31.6 Å². The molecule has 0 bridgehead atoms. The van der Waals surface area contributed by atoms with Crippen LogP contribution in [0, 0.1) is 5.92 Å². The van der Waals surface area contributed by atoms with Gasteiger partial charge in [-0.1, -0.05) is 6.07 Å². The Labute approximate surface area is 212 Å². The number of hydrogen-bond acceptors (Lipinski definition) is 8. The van der Waals surface area contributed by atoms with Crippen LogP contribution in [-0.4, -0.2) is 85.7 Å². The minimum atomic E-state index is -0.520. The monoisotopic (exact) mass is 506 g/mol. The highest BCUT2D eigenvalue weighted by Gasteiger charge is 2.42. The van der Waals surface area contributed by atoms with Crippen molar-refractivity contribution in [1.29, 1.82) is 0 Å². The summed E-state index contributed by atoms with van der Waals surface area (Å²) in [6.45, 7) is 6.79. The first-order chi connectivity index (χ1) is 17.1. The number of pyridine rings is 1. The Kier molecular flexibility index (Phi) is 11.7. The molecule has 1 fully saturated rings. The van der Waals surface area contributed by atoms with E-state index in [-0.39, 0.29) is 62.4 Å². The number of likely N-dealkylation sites (tertiary alicyclic amines) is 1. The molecule has 2 rings (SSSR count). The van der Waals surface area contributed by atoms with Crippen molar-refractivity contribution in [3.8, 4) is 0 Å². The van der Waals surface area contributed by atoms with Crippen LogP contribution >= 0.6 is 0 Å². The van der Waals surface area contributed by atoms with E-state index in [1.807, 2.05) is 6.07 Å². The van der Waals surface area contributed by atoms with Gasteiger partial charge in [-0.25, -0.2) is 0 Å². The molecule has 1 aliphatic rings. The third-order valence-corrected chi connectivity index (χ3v) is 5.39. The third-order valence-electron chi connectivity index (χ3n) is 5.39. The molecule has 1 aromatic rings. The first kappa shape index (κ1) is 29.2. The molecular formula is C25H38N4O7. The summed E-state index contributed by atoms with van der Waals surface area (Å²) in [6, 6.07) is 3.31. The van der Waals surface area contributed by atoms with Crippen molar-refractivity contribution in [2.75, 3.05) is 46.6 Å². The first-order valence-corrected chi connectivity index (χ1v) is 12.2. The highest BCUT2D eigenvalue weighted by Crippen LogP contribution is 2.36. The molecule has 11 nitrogen and oxygen atoms in total. The summed E-state index contributed by atoms with van der Waals surface area (Å²) >= 11 is 0. The van der Waals surface area contributed by atoms with Crippen molar-refractivity contribution in [1.82, 2.24) is 20.5 Å². The third kappa shape index (κ3) is 10.3. The lowest BCUT2D eigenvalue weighted by Crippen LogP contribution is -2.35. The van der Waals surface area contributed by atoms with Gasteiger partial charge in [0, 0.05) is 45.6 Å². The minimum absolute atomic E-state index is 0.0770. The zero-order valence-corrected chi connectivity index (χ0v) is 21.6. The lowest BCUT2D eigenvalue weighted by Gasteiger charge is -2.24. The van der Waals surface area contributed by atoms with Gasteiger partial charge in [0.25, 0.3) is 0 Å². The van der Waals surface area contributed by atoms with Crippen LogP contribution in [0.25, 0.3) is 0 Å². The second kappa shape index (κ2) is 14.5. The molecule has 0 radical (unpaired) electrons. The summed E-state index contributed by atoms with van der Waals surface area (Å²) in [7, 11) is 1.70. The van der Waals surface area contributed by atoms with E-state index < -0.39 is 11.5 Å². The average molecular weight is 507 g/mol. The van der Waals surface area contributed by atoms with Crippen molar-refractivity contribution in [3.05, 3.63) is 30.1 Å². The maximum Gasteiger partial charge on any atom is 0.308 e. The highest BCUT2D eigenvalue weighted by molar-refractivity contribution is 5.90. The van der Waals surface area contributed by atoms with Crippen LogP contribution in [0.4, 0.5) is 0 Å². The van der Waals surface area contributed by atoms with Crippen molar-refractivity contribution in [3.63, 3.8) is 0 Å². The molecule has 2 heterocycles. The summed E-state index contributed by atoms with van der Waals surface area (Å²) in [5.74, 6) is -1.35. The normalized spacial score (nSPS) is 17.7. The Morgan fingerprint density at radius 2 is 1.89 bits per heavy atom. The van der Waals surface area contributed by atoms with E-state index in [0.29, 0.717) is 26.1 Å². The number of carbonyl (C=O) groups excluding carboxylic acids is 4. The molecule has 0 spiro atoms. The summed E-state index contributed by atoms with van der Waals surface area (Å²) in [4.78, 5) is 54.0. The fourth-order valence-corrected chi connectivity index (χ4v) is 3.76. The summed E-state index contributed by atoms with van der Waals surface area (Å²) < 4.78 is 15.8. The van der Waals surface area contributed by atoms with Gasteiger partial charge in [0.1, 0.15) is 12.2 Å². The van der Waals surface area contributed by atoms with Crippen LogP contribution in [0.2, 0.25) is 0 Å². The fraction of sp³-hybridized carbons (Fsp3) is 0.640. The molecule has 1 saturated heterocycles. The molecule has 1 aliphatic heterocycles. The molecule has 200 valence electrons. The van der Waals surface area contributed by atoms with Gasteiger partial charge in [-0.3, -0.25) is 24.2 Å². The van der Waals surface area contributed by atoms with Crippen LogP contribution in [-0.2, 0) is 33.4 Å². The maximum absolute atomic E-state index is 12.7. The molecule has 0 aliphatic carbocycles. The Bertz CT molecular complexity index is 873. The summed E-state index contributed by atoms with van der Waals surface area (Å²) in [5, 5.41) is 5.53. The lowest BCUT2D eigenvalue weighted by atomic mass is 9.94. The van der Waals surface area contributed by atoms with E-state index >= 15 is 0 Å². The van der Waals surface area contributed by atoms with E-state index in [9.17, 15) is 19.2 Å². The molecule has 0 unspecified atom stereocenters. The summed E-state index contributed by atoms with van der Waals surface area (Å²) in [6.07, 6.45) is 4.17. The zero-order valence-electron chi connectivity index (χ0n) is 21.6. The molecule has 1 aromatic heterocycles. The molecule has 2 atom stereocenters. The molecule has 0 aromatic carbocycles.